The van der Waals surface area contributed by atoms with E-state index < -0.39 is 0 Å². The smallest absolute Gasteiger partial charge is 0.0624 e. The normalized spacial score (nSPS) is 14.9. The molecular formula is C16H31N3. The molecule has 1 heterocycles. The molecule has 1 atom stereocenters. The standard InChI is InChI=1S/C16H31N3/c1-7-14-10-15(19(9-3)18-14)11-16(6,13(4)5)12-17-8-2/h10,13,17H,7-9,11-12H2,1-6H3. The Balaban J connectivity index is 2.92. The Kier molecular flexibility index (Phi) is 6.05. The maximum absolute atomic E-state index is 4.67. The SMILES string of the molecule is CCNCC(C)(Cc1cc(CC)nn1CC)C(C)C. The predicted molar refractivity (Wildman–Crippen MR) is 82.5 cm³/mol. The highest BCUT2D eigenvalue weighted by molar-refractivity contribution is 5.13. The minimum absolute atomic E-state index is 0.286. The lowest BCUT2D eigenvalue weighted by molar-refractivity contribution is 0.204. The third-order valence-electron chi connectivity index (χ3n) is 4.33. The fourth-order valence-corrected chi connectivity index (χ4v) is 2.40. The average Bonchev–Trinajstić information content (AvgIpc) is 2.78. The summed E-state index contributed by atoms with van der Waals surface area (Å²) in [6, 6.07) is 2.29. The lowest BCUT2D eigenvalue weighted by atomic mass is 9.75. The van der Waals surface area contributed by atoms with Crippen molar-refractivity contribution in [2.45, 2.75) is 60.9 Å². The van der Waals surface area contributed by atoms with Gasteiger partial charge in [-0.25, -0.2) is 0 Å². The summed E-state index contributed by atoms with van der Waals surface area (Å²) in [5.74, 6) is 0.650. The van der Waals surface area contributed by atoms with Crippen molar-refractivity contribution in [3.05, 3.63) is 17.5 Å². The molecule has 3 heteroatoms. The number of hydrogen-bond donors (Lipinski definition) is 1. The van der Waals surface area contributed by atoms with Crippen molar-refractivity contribution in [3.8, 4) is 0 Å². The zero-order valence-electron chi connectivity index (χ0n) is 13.6. The van der Waals surface area contributed by atoms with E-state index in [-0.39, 0.29) is 5.41 Å². The summed E-state index contributed by atoms with van der Waals surface area (Å²) in [7, 11) is 0. The average molecular weight is 265 g/mol. The Bertz CT molecular complexity index is 381. The Labute approximate surface area is 118 Å². The number of aromatic nitrogens is 2. The van der Waals surface area contributed by atoms with Crippen LogP contribution in [0.2, 0.25) is 0 Å². The third kappa shape index (κ3) is 4.07. The second kappa shape index (κ2) is 7.09. The first kappa shape index (κ1) is 16.2. The van der Waals surface area contributed by atoms with Crippen molar-refractivity contribution in [3.63, 3.8) is 0 Å². The zero-order chi connectivity index (χ0) is 14.5. The van der Waals surface area contributed by atoms with Crippen LogP contribution in [0.15, 0.2) is 6.07 Å². The van der Waals surface area contributed by atoms with Crippen molar-refractivity contribution < 1.29 is 0 Å². The van der Waals surface area contributed by atoms with E-state index in [1.165, 1.54) is 11.4 Å². The summed E-state index contributed by atoms with van der Waals surface area (Å²) in [4.78, 5) is 0. The topological polar surface area (TPSA) is 29.9 Å². The Hall–Kier alpha value is -0.830. The molecule has 1 unspecified atom stereocenters. The minimum atomic E-state index is 0.286. The molecule has 0 aliphatic heterocycles. The van der Waals surface area contributed by atoms with Crippen molar-refractivity contribution in [2.24, 2.45) is 11.3 Å². The van der Waals surface area contributed by atoms with Gasteiger partial charge in [-0.1, -0.05) is 34.6 Å². The molecule has 1 aromatic rings. The van der Waals surface area contributed by atoms with E-state index >= 15 is 0 Å². The highest BCUT2D eigenvalue weighted by Gasteiger charge is 2.29. The number of nitrogens with one attached hydrogen (secondary N) is 1. The van der Waals surface area contributed by atoms with E-state index in [9.17, 15) is 0 Å². The molecule has 0 bridgehead atoms. The lowest BCUT2D eigenvalue weighted by Crippen LogP contribution is -2.38. The molecule has 3 nitrogen and oxygen atoms in total. The molecule has 0 aliphatic rings. The molecule has 1 aromatic heterocycles. The molecule has 1 N–H and O–H groups in total. The van der Waals surface area contributed by atoms with Crippen LogP contribution >= 0.6 is 0 Å². The quantitative estimate of drug-likeness (QED) is 0.782. The molecule has 110 valence electrons. The van der Waals surface area contributed by atoms with E-state index in [0.717, 1.165) is 32.5 Å². The second-order valence-corrected chi connectivity index (χ2v) is 6.06. The van der Waals surface area contributed by atoms with E-state index in [1.807, 2.05) is 0 Å². The van der Waals surface area contributed by atoms with Gasteiger partial charge in [0.15, 0.2) is 0 Å². The van der Waals surface area contributed by atoms with Crippen molar-refractivity contribution >= 4 is 0 Å². The summed E-state index contributed by atoms with van der Waals surface area (Å²) in [6.07, 6.45) is 2.12. The van der Waals surface area contributed by atoms with Gasteiger partial charge in [0.2, 0.25) is 0 Å². The number of nitrogens with zero attached hydrogens (tertiary/aromatic N) is 2. The van der Waals surface area contributed by atoms with Gasteiger partial charge in [0.05, 0.1) is 5.69 Å². The van der Waals surface area contributed by atoms with Crippen LogP contribution in [0.1, 0.15) is 52.9 Å². The molecule has 19 heavy (non-hydrogen) atoms. The molecule has 0 spiro atoms. The highest BCUT2D eigenvalue weighted by Crippen LogP contribution is 2.31. The van der Waals surface area contributed by atoms with Crippen LogP contribution in [0.5, 0.6) is 0 Å². The van der Waals surface area contributed by atoms with Gasteiger partial charge >= 0.3 is 0 Å². The Morgan fingerprint density at radius 2 is 2.00 bits per heavy atom. The highest BCUT2D eigenvalue weighted by atomic mass is 15.3. The fourth-order valence-electron chi connectivity index (χ4n) is 2.40. The van der Waals surface area contributed by atoms with E-state index in [0.29, 0.717) is 5.92 Å². The molecule has 0 aromatic carbocycles. The zero-order valence-corrected chi connectivity index (χ0v) is 13.6. The monoisotopic (exact) mass is 265 g/mol. The first-order valence-electron chi connectivity index (χ1n) is 7.73. The van der Waals surface area contributed by atoms with Crippen LogP contribution in [-0.2, 0) is 19.4 Å². The van der Waals surface area contributed by atoms with Crippen LogP contribution < -0.4 is 5.32 Å². The van der Waals surface area contributed by atoms with Gasteiger partial charge < -0.3 is 5.32 Å². The number of rotatable bonds is 8. The Morgan fingerprint density at radius 3 is 2.47 bits per heavy atom. The molecule has 0 fully saturated rings. The van der Waals surface area contributed by atoms with E-state index in [4.69, 9.17) is 0 Å². The number of aryl methyl sites for hydroxylation is 2. The molecule has 0 saturated heterocycles. The molecule has 0 saturated carbocycles. The molecule has 0 radical (unpaired) electrons. The molecule has 1 rings (SSSR count). The van der Waals surface area contributed by atoms with E-state index in [1.54, 1.807) is 0 Å². The third-order valence-corrected chi connectivity index (χ3v) is 4.33. The second-order valence-electron chi connectivity index (χ2n) is 6.06. The van der Waals surface area contributed by atoms with Gasteiger partial charge in [0, 0.05) is 18.8 Å². The minimum Gasteiger partial charge on any atom is -0.316 e. The first-order valence-corrected chi connectivity index (χ1v) is 7.73. The van der Waals surface area contributed by atoms with Crippen molar-refractivity contribution in [1.29, 1.82) is 0 Å². The fraction of sp³-hybridized carbons (Fsp3) is 0.812. The van der Waals surface area contributed by atoms with Gasteiger partial charge in [0.1, 0.15) is 0 Å². The molecule has 0 amide bonds. The van der Waals surface area contributed by atoms with Crippen LogP contribution in [0, 0.1) is 11.3 Å². The van der Waals surface area contributed by atoms with Crippen molar-refractivity contribution in [1.82, 2.24) is 15.1 Å². The Morgan fingerprint density at radius 1 is 1.32 bits per heavy atom. The summed E-state index contributed by atoms with van der Waals surface area (Å²) < 4.78 is 2.17. The lowest BCUT2D eigenvalue weighted by Gasteiger charge is -2.34. The van der Waals surface area contributed by atoms with Gasteiger partial charge in [-0.2, -0.15) is 5.10 Å². The first-order chi connectivity index (χ1) is 8.96. The van der Waals surface area contributed by atoms with Crippen LogP contribution in [-0.4, -0.2) is 22.9 Å². The number of hydrogen-bond acceptors (Lipinski definition) is 2. The molecule has 0 aliphatic carbocycles. The molecular weight excluding hydrogens is 234 g/mol. The maximum atomic E-state index is 4.67. The van der Waals surface area contributed by atoms with Gasteiger partial charge in [0.25, 0.3) is 0 Å². The van der Waals surface area contributed by atoms with Crippen LogP contribution in [0.3, 0.4) is 0 Å². The summed E-state index contributed by atoms with van der Waals surface area (Å²) in [6.45, 7) is 16.6. The largest absolute Gasteiger partial charge is 0.316 e. The maximum Gasteiger partial charge on any atom is 0.0624 e. The van der Waals surface area contributed by atoms with Crippen LogP contribution in [0.25, 0.3) is 0 Å². The van der Waals surface area contributed by atoms with Gasteiger partial charge in [-0.05, 0) is 43.7 Å². The summed E-state index contributed by atoms with van der Waals surface area (Å²) >= 11 is 0. The summed E-state index contributed by atoms with van der Waals surface area (Å²) in [5, 5.41) is 8.19. The predicted octanol–water partition coefficient (Wildman–Crippen LogP) is 3.28. The van der Waals surface area contributed by atoms with E-state index in [2.05, 4.69) is 62.7 Å². The van der Waals surface area contributed by atoms with Crippen molar-refractivity contribution in [2.75, 3.05) is 13.1 Å². The van der Waals surface area contributed by atoms with Gasteiger partial charge in [-0.15, -0.1) is 0 Å². The van der Waals surface area contributed by atoms with Crippen LogP contribution in [0.4, 0.5) is 0 Å². The van der Waals surface area contributed by atoms with Gasteiger partial charge in [-0.3, -0.25) is 4.68 Å². The summed E-state index contributed by atoms with van der Waals surface area (Å²) in [5.41, 5.74) is 2.88.